The van der Waals surface area contributed by atoms with Crippen LogP contribution in [-0.2, 0) is 55.9 Å². The molecule has 0 saturated carbocycles. The van der Waals surface area contributed by atoms with Gasteiger partial charge in [0.25, 0.3) is 0 Å². The minimum atomic E-state index is -1.49. The maximum absolute atomic E-state index is 12.4. The standard InChI is InChI=1S/C60H99N13O16/c1-3-35-88-37-38-89-36-23-62-58-65-50(40-46-18-16-45(17-19-46)39-47-41-68(2)25-26-70(42-53(77)78)27-28-71(43-54(79)80)31-34-73(47)44-55(81)82)66-59(67-58)72-32-29-69(30-33-72)24-13-9-7-5-4-6-8-10-15-51(74)61-22-12-11-14-48(56(83)84)63-60(87)64-49(57(85)86)20-21-52(75)76/h16-19,47-49H,3-15,20-44H2,1-2H3,(H,61,74)(H,75,76)(H,77,78)(H,79,80)(H,81,82)(H,83,84)(H,85,86)(H2,63,64,87)(H,62,65,66,67)/t47?,48-,49-/m0/s1. The van der Waals surface area contributed by atoms with E-state index in [2.05, 4.69) is 42.9 Å². The summed E-state index contributed by atoms with van der Waals surface area (Å²) in [7, 11) is 1.95. The molecule has 500 valence electrons. The van der Waals surface area contributed by atoms with Gasteiger partial charge in [0.2, 0.25) is 17.8 Å². The van der Waals surface area contributed by atoms with E-state index < -0.39 is 60.4 Å². The molecule has 2 aliphatic heterocycles. The lowest BCUT2D eigenvalue weighted by Crippen LogP contribution is -2.52. The number of nitrogens with one attached hydrogen (secondary N) is 4. The van der Waals surface area contributed by atoms with Gasteiger partial charge in [-0.25, -0.2) is 14.4 Å². The van der Waals surface area contributed by atoms with Gasteiger partial charge in [0, 0.05) is 117 Å². The second kappa shape index (κ2) is 42.9. The van der Waals surface area contributed by atoms with E-state index in [1.54, 1.807) is 9.80 Å². The summed E-state index contributed by atoms with van der Waals surface area (Å²) in [5.41, 5.74) is 1.98. The van der Waals surface area contributed by atoms with E-state index in [4.69, 9.17) is 29.5 Å². The Balaban J connectivity index is 1.21. The molecule has 0 aliphatic carbocycles. The second-order valence-electron chi connectivity index (χ2n) is 22.9. The van der Waals surface area contributed by atoms with Gasteiger partial charge in [-0.1, -0.05) is 69.7 Å². The molecule has 3 amide bonds. The normalized spacial score (nSPS) is 16.7. The minimum absolute atomic E-state index is 0.0540. The minimum Gasteiger partial charge on any atom is -0.481 e. The van der Waals surface area contributed by atoms with Crippen LogP contribution in [0.5, 0.6) is 0 Å². The average molecular weight is 1260 g/mol. The van der Waals surface area contributed by atoms with E-state index in [0.717, 1.165) is 102 Å². The quantitative estimate of drug-likeness (QED) is 0.0426. The maximum Gasteiger partial charge on any atom is 0.326 e. The number of aromatic nitrogens is 3. The average Bonchev–Trinajstić information content (AvgIpc) is 2.54. The van der Waals surface area contributed by atoms with Crippen molar-refractivity contribution in [1.29, 1.82) is 0 Å². The van der Waals surface area contributed by atoms with Crippen LogP contribution in [0.1, 0.15) is 120 Å². The van der Waals surface area contributed by atoms with Crippen molar-refractivity contribution in [1.82, 2.24) is 55.4 Å². The van der Waals surface area contributed by atoms with Crippen molar-refractivity contribution >= 4 is 59.7 Å². The number of carbonyl (C=O) groups is 8. The van der Waals surface area contributed by atoms with Crippen molar-refractivity contribution < 1.29 is 78.5 Å². The van der Waals surface area contributed by atoms with Gasteiger partial charge in [-0.3, -0.25) is 43.6 Å². The summed E-state index contributed by atoms with van der Waals surface area (Å²) < 4.78 is 11.3. The number of unbranched alkanes of at least 4 members (excludes halogenated alkanes) is 8. The lowest BCUT2D eigenvalue weighted by Gasteiger charge is -2.37. The zero-order valence-corrected chi connectivity index (χ0v) is 52.2. The highest BCUT2D eigenvalue weighted by Gasteiger charge is 2.28. The third kappa shape index (κ3) is 33.0. The summed E-state index contributed by atoms with van der Waals surface area (Å²) in [5.74, 6) is -5.32. The summed E-state index contributed by atoms with van der Waals surface area (Å²) in [4.78, 5) is 121. The highest BCUT2D eigenvalue weighted by Crippen LogP contribution is 2.20. The van der Waals surface area contributed by atoms with E-state index in [-0.39, 0.29) is 44.4 Å². The number of ether oxygens (including phenoxy) is 2. The first-order chi connectivity index (χ1) is 42.8. The number of urea groups is 1. The van der Waals surface area contributed by atoms with Gasteiger partial charge in [0.1, 0.15) is 17.9 Å². The Morgan fingerprint density at radius 3 is 1.73 bits per heavy atom. The SMILES string of the molecule is CCCOCCOCCNc1nc(Cc2ccc(CC3CN(C)CCN(CC(=O)O)CCN(CC(=O)O)CCN3CC(=O)O)cc2)nc(N2CCN(CCCCCCCCCCC(=O)NCCCC[C@H](NC(=O)N[C@@H](CCC(=O)O)C(=O)O)C(=O)O)CC2)n1. The maximum atomic E-state index is 12.4. The van der Waals surface area contributed by atoms with Crippen LogP contribution >= 0.6 is 0 Å². The smallest absolute Gasteiger partial charge is 0.326 e. The van der Waals surface area contributed by atoms with E-state index in [0.29, 0.717) is 135 Å². The summed E-state index contributed by atoms with van der Waals surface area (Å²) in [6, 6.07) is 4.11. The summed E-state index contributed by atoms with van der Waals surface area (Å²) in [5, 5.41) is 67.3. The van der Waals surface area contributed by atoms with E-state index in [9.17, 15) is 63.9 Å². The molecule has 29 heteroatoms. The van der Waals surface area contributed by atoms with Crippen molar-refractivity contribution in [3.63, 3.8) is 0 Å². The first kappa shape index (κ1) is 74.6. The first-order valence-electron chi connectivity index (χ1n) is 31.5. The number of amides is 3. The van der Waals surface area contributed by atoms with Crippen LogP contribution in [0.25, 0.3) is 0 Å². The van der Waals surface area contributed by atoms with Crippen molar-refractivity contribution in [2.45, 2.75) is 134 Å². The number of hydrogen-bond acceptors (Lipinski definition) is 20. The van der Waals surface area contributed by atoms with E-state index in [1.807, 2.05) is 36.2 Å². The molecule has 2 aromatic rings. The molecule has 0 radical (unpaired) electrons. The Kier molecular flexibility index (Phi) is 36.0. The molecule has 29 nitrogen and oxygen atoms in total. The van der Waals surface area contributed by atoms with E-state index >= 15 is 0 Å². The summed E-state index contributed by atoms with van der Waals surface area (Å²) >= 11 is 0. The number of piperazine rings is 1. The van der Waals surface area contributed by atoms with Crippen LogP contribution in [0.15, 0.2) is 24.3 Å². The molecule has 4 rings (SSSR count). The molecule has 10 N–H and O–H groups in total. The van der Waals surface area contributed by atoms with Crippen LogP contribution in [0, 0.1) is 0 Å². The number of hydrogen-bond donors (Lipinski definition) is 10. The first-order valence-corrected chi connectivity index (χ1v) is 31.5. The number of carboxylic acids is 6. The molecule has 1 aromatic carbocycles. The van der Waals surface area contributed by atoms with Gasteiger partial charge in [-0.2, -0.15) is 15.0 Å². The molecule has 3 atom stereocenters. The topological polar surface area (TPSA) is 383 Å². The number of aliphatic carboxylic acids is 6. The lowest BCUT2D eigenvalue weighted by molar-refractivity contribution is -0.141. The van der Waals surface area contributed by atoms with E-state index in [1.165, 1.54) is 0 Å². The molecule has 3 heterocycles. The van der Waals surface area contributed by atoms with Gasteiger partial charge in [0.05, 0.1) is 39.5 Å². The number of carbonyl (C=O) groups excluding carboxylic acids is 2. The van der Waals surface area contributed by atoms with Gasteiger partial charge in [-0.15, -0.1) is 0 Å². The third-order valence-electron chi connectivity index (χ3n) is 15.5. The molecule has 0 spiro atoms. The van der Waals surface area contributed by atoms with Crippen LogP contribution in [0.4, 0.5) is 16.7 Å². The zero-order chi connectivity index (χ0) is 64.8. The second-order valence-corrected chi connectivity index (χ2v) is 22.9. The molecule has 2 aliphatic rings. The molecule has 2 fully saturated rings. The Morgan fingerprint density at radius 1 is 0.562 bits per heavy atom. The van der Waals surface area contributed by atoms with Crippen LogP contribution in [0.2, 0.25) is 0 Å². The fourth-order valence-corrected chi connectivity index (χ4v) is 10.6. The molecular weight excluding hydrogens is 1160 g/mol. The van der Waals surface area contributed by atoms with Crippen LogP contribution in [-0.4, -0.2) is 281 Å². The fourth-order valence-electron chi connectivity index (χ4n) is 10.6. The Bertz CT molecular complexity index is 2460. The predicted molar refractivity (Wildman–Crippen MR) is 330 cm³/mol. The Labute approximate surface area is 522 Å². The van der Waals surface area contributed by atoms with Crippen molar-refractivity contribution in [2.75, 3.05) is 155 Å². The fraction of sp³-hybridized carbons (Fsp3) is 0.717. The highest BCUT2D eigenvalue weighted by molar-refractivity contribution is 5.86. The molecule has 89 heavy (non-hydrogen) atoms. The molecule has 1 aromatic heterocycles. The number of anilines is 2. The highest BCUT2D eigenvalue weighted by atomic mass is 16.5. The molecular formula is C60H99N13O16. The monoisotopic (exact) mass is 1260 g/mol. The molecule has 1 unspecified atom stereocenters. The Morgan fingerprint density at radius 2 is 1.12 bits per heavy atom. The van der Waals surface area contributed by atoms with Gasteiger partial charge in [0.15, 0.2) is 0 Å². The van der Waals surface area contributed by atoms with Crippen molar-refractivity contribution in [3.05, 3.63) is 41.2 Å². The predicted octanol–water partition coefficient (Wildman–Crippen LogP) is 2.32. The number of nitrogens with zero attached hydrogens (tertiary/aromatic N) is 9. The van der Waals surface area contributed by atoms with Crippen LogP contribution in [0.3, 0.4) is 0 Å². The van der Waals surface area contributed by atoms with Gasteiger partial charge >= 0.3 is 41.8 Å². The zero-order valence-electron chi connectivity index (χ0n) is 52.2. The Hall–Kier alpha value is -6.89. The van der Waals surface area contributed by atoms with Crippen molar-refractivity contribution in [3.8, 4) is 0 Å². The van der Waals surface area contributed by atoms with Gasteiger partial charge in [-0.05, 0) is 76.1 Å². The number of rotatable bonds is 43. The van der Waals surface area contributed by atoms with Crippen molar-refractivity contribution in [2.24, 2.45) is 0 Å². The number of benzene rings is 1. The number of likely N-dealkylation sites (N-methyl/N-ethyl adjacent to an activating group) is 1. The summed E-state index contributed by atoms with van der Waals surface area (Å²) in [6.45, 7) is 11.5. The molecule has 2 saturated heterocycles. The molecule has 0 bridgehead atoms. The van der Waals surface area contributed by atoms with Crippen LogP contribution < -0.4 is 26.2 Å². The summed E-state index contributed by atoms with van der Waals surface area (Å²) in [6.07, 6.45) is 10.7. The third-order valence-corrected chi connectivity index (χ3v) is 15.5. The number of carboxylic acid groups (broad SMARTS) is 6. The van der Waals surface area contributed by atoms with Gasteiger partial charge < -0.3 is 71.2 Å². The lowest BCUT2D eigenvalue weighted by atomic mass is 10.0. The largest absolute Gasteiger partial charge is 0.481 e.